The molecule has 8 nitrogen and oxygen atoms in total. The number of allylic oxidation sites excluding steroid dienone is 4. The number of hydrogen-bond donors (Lipinski definition) is 1. The van der Waals surface area contributed by atoms with Gasteiger partial charge in [-0.1, -0.05) is 26.3 Å². The maximum atomic E-state index is 11.9. The predicted octanol–water partition coefficient (Wildman–Crippen LogP) is 6.15. The van der Waals surface area contributed by atoms with Crippen LogP contribution in [0.1, 0.15) is 83.1 Å². The summed E-state index contributed by atoms with van der Waals surface area (Å²) in [6, 6.07) is 13.3. The number of nitrogens with zero attached hydrogens (tertiary/aromatic N) is 2. The lowest BCUT2D eigenvalue weighted by atomic mass is 9.83. The topological polar surface area (TPSA) is 114 Å². The second kappa shape index (κ2) is 12.7. The van der Waals surface area contributed by atoms with Gasteiger partial charge in [-0.2, -0.15) is 0 Å². The van der Waals surface area contributed by atoms with Gasteiger partial charge in [0.15, 0.2) is 0 Å². The fourth-order valence-electron chi connectivity index (χ4n) is 6.60. The van der Waals surface area contributed by atoms with Crippen LogP contribution in [0.3, 0.4) is 0 Å². The third kappa shape index (κ3) is 6.40. The first-order chi connectivity index (χ1) is 20.9. The highest BCUT2D eigenvalue weighted by molar-refractivity contribution is 7.85. The van der Waals surface area contributed by atoms with E-state index >= 15 is 0 Å². The largest absolute Gasteiger partial charge is 0.744 e. The molecule has 0 unspecified atom stereocenters. The molecule has 0 aromatic heterocycles. The van der Waals surface area contributed by atoms with Gasteiger partial charge in [0.2, 0.25) is 5.36 Å². The van der Waals surface area contributed by atoms with E-state index < -0.39 is 21.5 Å². The van der Waals surface area contributed by atoms with E-state index in [9.17, 15) is 17.8 Å². The molecule has 0 radical (unpaired) electrons. The molecule has 5 rings (SSSR count). The van der Waals surface area contributed by atoms with Gasteiger partial charge >= 0.3 is 5.97 Å². The normalized spacial score (nSPS) is 17.7. The second-order valence-corrected chi connectivity index (χ2v) is 13.6. The number of carbonyl (C=O) groups is 1. The Hall–Kier alpha value is -3.69. The lowest BCUT2D eigenvalue weighted by Crippen LogP contribution is -2.29. The number of rotatable bonds is 10. The molecule has 2 aliphatic heterocycles. The van der Waals surface area contributed by atoms with Gasteiger partial charge in [-0.05, 0) is 99.1 Å². The molecular formula is C35H42N2O6S. The Labute approximate surface area is 260 Å². The first kappa shape index (κ1) is 31.7. The van der Waals surface area contributed by atoms with Crippen molar-refractivity contribution in [3.05, 3.63) is 82.6 Å². The van der Waals surface area contributed by atoms with E-state index in [0.29, 0.717) is 13.0 Å². The summed E-state index contributed by atoms with van der Waals surface area (Å²) in [6.07, 6.45) is 9.35. The van der Waals surface area contributed by atoms with Crippen molar-refractivity contribution in [3.63, 3.8) is 0 Å². The number of anilines is 1. The molecule has 4 aliphatic rings. The van der Waals surface area contributed by atoms with E-state index in [4.69, 9.17) is 9.52 Å². The molecule has 0 saturated heterocycles. The summed E-state index contributed by atoms with van der Waals surface area (Å²) in [7, 11) is -4.61. The van der Waals surface area contributed by atoms with Crippen molar-refractivity contribution in [2.45, 2.75) is 83.0 Å². The molecule has 0 bridgehead atoms. The maximum absolute atomic E-state index is 11.9. The van der Waals surface area contributed by atoms with E-state index in [-0.39, 0.29) is 11.3 Å². The van der Waals surface area contributed by atoms with Gasteiger partial charge < -0.3 is 19.0 Å². The summed E-state index contributed by atoms with van der Waals surface area (Å²) < 4.78 is 44.6. The van der Waals surface area contributed by atoms with Gasteiger partial charge in [0.05, 0.1) is 11.0 Å². The fourth-order valence-corrected chi connectivity index (χ4v) is 7.09. The summed E-state index contributed by atoms with van der Waals surface area (Å²) in [5.74, 6) is 0.966. The summed E-state index contributed by atoms with van der Waals surface area (Å²) in [6.45, 7) is 10.9. The number of unbranched alkanes of at least 4 members (excludes halogenated alkanes) is 2. The Balaban J connectivity index is 1.56. The van der Waals surface area contributed by atoms with E-state index in [2.05, 4.69) is 59.7 Å². The average Bonchev–Trinajstić information content (AvgIpc) is 3.19. The highest BCUT2D eigenvalue weighted by Gasteiger charge is 2.40. The molecule has 0 saturated carbocycles. The molecule has 234 valence electrons. The van der Waals surface area contributed by atoms with Crippen molar-refractivity contribution in [2.75, 3.05) is 24.5 Å². The molecular weight excluding hydrogens is 576 g/mol. The maximum Gasteiger partial charge on any atom is 0.303 e. The minimum atomic E-state index is -4.61. The Morgan fingerprint density at radius 2 is 1.82 bits per heavy atom. The number of benzene rings is 2. The zero-order valence-electron chi connectivity index (χ0n) is 26.1. The van der Waals surface area contributed by atoms with Crippen LogP contribution in [-0.2, 0) is 26.7 Å². The molecule has 1 aromatic rings. The first-order valence-corrected chi connectivity index (χ1v) is 17.0. The summed E-state index contributed by atoms with van der Waals surface area (Å²) in [5, 5.41) is 10.2. The SMILES string of the molecule is CC[N+](CC)=c1ccc2cc3c(oc-2c1)/C(=C/C=C1\N(CCCCCC(=O)O)c2ccc(S(=O)(=O)[O-])cc2C1(C)C)CCC3. The van der Waals surface area contributed by atoms with Crippen LogP contribution in [0.15, 0.2) is 69.6 Å². The van der Waals surface area contributed by atoms with Crippen LogP contribution in [-0.4, -0.2) is 43.7 Å². The smallest absolute Gasteiger partial charge is 0.303 e. The second-order valence-electron chi connectivity index (χ2n) is 12.2. The Morgan fingerprint density at radius 1 is 1.05 bits per heavy atom. The Bertz CT molecular complexity index is 1770. The predicted molar refractivity (Wildman–Crippen MR) is 172 cm³/mol. The number of carboxylic acid groups (broad SMARTS) is 1. The molecule has 9 heteroatoms. The molecule has 0 fully saturated rings. The molecule has 0 spiro atoms. The fraction of sp³-hybridized carbons (Fsp3) is 0.429. The molecule has 0 atom stereocenters. The molecule has 2 aliphatic carbocycles. The van der Waals surface area contributed by atoms with Gasteiger partial charge in [-0.25, -0.2) is 13.0 Å². The van der Waals surface area contributed by atoms with Crippen molar-refractivity contribution in [1.29, 1.82) is 0 Å². The number of aryl methyl sites for hydroxylation is 1. The van der Waals surface area contributed by atoms with Gasteiger partial charge in [-0.15, -0.1) is 0 Å². The average molecular weight is 619 g/mol. The number of carboxylic acids is 1. The molecule has 1 aromatic carbocycles. The zero-order chi connectivity index (χ0) is 31.6. The first-order valence-electron chi connectivity index (χ1n) is 15.6. The van der Waals surface area contributed by atoms with E-state index in [0.717, 1.165) is 90.2 Å². The van der Waals surface area contributed by atoms with Crippen LogP contribution in [0.5, 0.6) is 0 Å². The van der Waals surface area contributed by atoms with Crippen molar-refractivity contribution >= 4 is 27.3 Å². The van der Waals surface area contributed by atoms with Gasteiger partial charge in [-0.3, -0.25) is 4.79 Å². The molecule has 0 amide bonds. The Kier molecular flexibility index (Phi) is 9.18. The van der Waals surface area contributed by atoms with Crippen LogP contribution in [0.4, 0.5) is 5.69 Å². The van der Waals surface area contributed by atoms with Crippen molar-refractivity contribution in [1.82, 2.24) is 4.58 Å². The molecule has 1 N–H and O–H groups in total. The third-order valence-electron chi connectivity index (χ3n) is 9.01. The van der Waals surface area contributed by atoms with Gasteiger partial charge in [0.25, 0.3) is 0 Å². The van der Waals surface area contributed by atoms with Crippen molar-refractivity contribution in [3.8, 4) is 11.3 Å². The minimum absolute atomic E-state index is 0.135. The van der Waals surface area contributed by atoms with Gasteiger partial charge in [0.1, 0.15) is 34.7 Å². The summed E-state index contributed by atoms with van der Waals surface area (Å²) >= 11 is 0. The quantitative estimate of drug-likeness (QED) is 0.165. The van der Waals surface area contributed by atoms with Crippen LogP contribution in [0, 0.1) is 0 Å². The zero-order valence-corrected chi connectivity index (χ0v) is 26.9. The highest BCUT2D eigenvalue weighted by Crippen LogP contribution is 2.49. The van der Waals surface area contributed by atoms with Crippen LogP contribution >= 0.6 is 0 Å². The summed E-state index contributed by atoms with van der Waals surface area (Å²) in [5.41, 5.74) is 5.48. The highest BCUT2D eigenvalue weighted by atomic mass is 32.2. The van der Waals surface area contributed by atoms with E-state index in [1.54, 1.807) is 6.07 Å². The van der Waals surface area contributed by atoms with Crippen molar-refractivity contribution < 1.29 is 27.3 Å². The monoisotopic (exact) mass is 618 g/mol. The third-order valence-corrected chi connectivity index (χ3v) is 9.84. The minimum Gasteiger partial charge on any atom is -0.744 e. The van der Waals surface area contributed by atoms with Crippen LogP contribution in [0.2, 0.25) is 0 Å². The van der Waals surface area contributed by atoms with Crippen molar-refractivity contribution in [2.24, 2.45) is 0 Å². The number of hydrogen-bond acceptors (Lipinski definition) is 6. The summed E-state index contributed by atoms with van der Waals surface area (Å²) in [4.78, 5) is 12.9. The van der Waals surface area contributed by atoms with Crippen LogP contribution < -0.4 is 14.8 Å². The van der Waals surface area contributed by atoms with E-state index in [1.807, 2.05) is 13.8 Å². The molecule has 44 heavy (non-hydrogen) atoms. The van der Waals surface area contributed by atoms with E-state index in [1.165, 1.54) is 17.7 Å². The lowest BCUT2D eigenvalue weighted by molar-refractivity contribution is -0.137. The Morgan fingerprint density at radius 3 is 2.52 bits per heavy atom. The van der Waals surface area contributed by atoms with Crippen LogP contribution in [0.25, 0.3) is 16.9 Å². The number of aliphatic carboxylic acids is 1. The lowest BCUT2D eigenvalue weighted by Gasteiger charge is -2.27. The number of fused-ring (bicyclic) bond motifs is 3. The van der Waals surface area contributed by atoms with Gasteiger partial charge in [0, 0.05) is 41.4 Å². The molecule has 2 heterocycles. The standard InChI is InChI=1S/C35H42N2O6S/c1-5-36(6-2)27-16-14-25-21-26-12-10-11-24(34(26)43-31(25)22-27)15-19-32-35(3,4)29-23-28(44(40,41)42)17-18-30(29)37(32)20-9-7-8-13-33(38)39/h14-19,21-23H,5-13,20H2,1-4H3,(H-,38,39,40,41,42).